The first kappa shape index (κ1) is 19.8. The summed E-state index contributed by atoms with van der Waals surface area (Å²) in [5.41, 5.74) is -0.839. The molecule has 0 amide bonds. The van der Waals surface area contributed by atoms with Crippen LogP contribution in [0.2, 0.25) is 0 Å². The normalized spacial score (nSPS) is 22.4. The summed E-state index contributed by atoms with van der Waals surface area (Å²) in [4.78, 5) is 1.84. The van der Waals surface area contributed by atoms with Crippen LogP contribution < -0.4 is 9.64 Å². The fourth-order valence-corrected chi connectivity index (χ4v) is 4.27. The van der Waals surface area contributed by atoms with Gasteiger partial charge in [-0.1, -0.05) is 6.07 Å². The zero-order valence-electron chi connectivity index (χ0n) is 16.2. The Balaban J connectivity index is 1.78. The van der Waals surface area contributed by atoms with E-state index in [1.165, 1.54) is 6.07 Å². The number of amidine groups is 1. The van der Waals surface area contributed by atoms with Crippen molar-refractivity contribution in [3.63, 3.8) is 0 Å². The summed E-state index contributed by atoms with van der Waals surface area (Å²) in [5.74, 6) is 1.56. The van der Waals surface area contributed by atoms with E-state index < -0.39 is 17.5 Å². The molecule has 0 radical (unpaired) electrons. The number of ether oxygens (including phenoxy) is 1. The van der Waals surface area contributed by atoms with Gasteiger partial charge in [0.1, 0.15) is 11.4 Å². The zero-order chi connectivity index (χ0) is 20.6. The van der Waals surface area contributed by atoms with Crippen molar-refractivity contribution in [1.82, 2.24) is 0 Å². The lowest BCUT2D eigenvalue weighted by Gasteiger charge is -2.23. The van der Waals surface area contributed by atoms with Gasteiger partial charge in [0.05, 0.1) is 19.2 Å². The van der Waals surface area contributed by atoms with E-state index in [9.17, 15) is 18.3 Å². The molecule has 0 aromatic heterocycles. The molecule has 2 heterocycles. The second-order valence-electron chi connectivity index (χ2n) is 7.56. The quantitative estimate of drug-likeness (QED) is 0.771. The van der Waals surface area contributed by atoms with Gasteiger partial charge in [0.25, 0.3) is 11.6 Å². The highest BCUT2D eigenvalue weighted by molar-refractivity contribution is 5.96. The molecule has 4 nitrogen and oxygen atoms in total. The highest BCUT2D eigenvalue weighted by Gasteiger charge is 2.52. The molecular formula is C22H24F3N2O2+. The maximum Gasteiger partial charge on any atom is 0.416 e. The van der Waals surface area contributed by atoms with Crippen molar-refractivity contribution in [3.05, 3.63) is 59.7 Å². The third kappa shape index (κ3) is 3.59. The van der Waals surface area contributed by atoms with Crippen LogP contribution in [0, 0.1) is 0 Å². The number of hydrogen-bond donors (Lipinski definition) is 1. The lowest BCUT2D eigenvalue weighted by molar-refractivity contribution is -0.658. The fraction of sp³-hybridized carbons (Fsp3) is 0.409. The lowest BCUT2D eigenvalue weighted by atomic mass is 10.0. The maximum atomic E-state index is 13.2. The minimum atomic E-state index is -4.41. The van der Waals surface area contributed by atoms with Gasteiger partial charge in [-0.25, -0.2) is 9.48 Å². The summed E-state index contributed by atoms with van der Waals surface area (Å²) in [6, 6.07) is 12.5. The Kier molecular flexibility index (Phi) is 5.02. The smallest absolute Gasteiger partial charge is 0.416 e. The molecule has 4 rings (SSSR count). The molecule has 0 saturated heterocycles. The molecule has 2 aromatic carbocycles. The molecular weight excluding hydrogens is 381 g/mol. The van der Waals surface area contributed by atoms with Crippen LogP contribution in [0.5, 0.6) is 5.75 Å². The molecule has 2 aliphatic heterocycles. The van der Waals surface area contributed by atoms with Crippen LogP contribution in [0.3, 0.4) is 0 Å². The Morgan fingerprint density at radius 1 is 1.07 bits per heavy atom. The highest BCUT2D eigenvalue weighted by Crippen LogP contribution is 2.38. The van der Waals surface area contributed by atoms with Crippen molar-refractivity contribution < 1.29 is 27.6 Å². The van der Waals surface area contributed by atoms with E-state index >= 15 is 0 Å². The van der Waals surface area contributed by atoms with E-state index in [0.717, 1.165) is 37.2 Å². The number of benzene rings is 2. The molecule has 2 aliphatic rings. The third-order valence-electron chi connectivity index (χ3n) is 5.77. The lowest BCUT2D eigenvalue weighted by Crippen LogP contribution is -2.41. The average Bonchev–Trinajstić information content (AvgIpc) is 2.87. The maximum absolute atomic E-state index is 13.2. The Morgan fingerprint density at radius 3 is 2.52 bits per heavy atom. The molecule has 1 atom stereocenters. The van der Waals surface area contributed by atoms with Crippen molar-refractivity contribution in [2.24, 2.45) is 0 Å². The molecule has 7 heteroatoms. The van der Waals surface area contributed by atoms with Gasteiger partial charge in [-0.15, -0.1) is 0 Å². The topological polar surface area (TPSA) is 35.7 Å². The summed E-state index contributed by atoms with van der Waals surface area (Å²) in [7, 11) is 1.58. The van der Waals surface area contributed by atoms with E-state index in [2.05, 4.69) is 0 Å². The number of aliphatic hydroxyl groups is 1. The van der Waals surface area contributed by atoms with E-state index in [4.69, 9.17) is 4.74 Å². The van der Waals surface area contributed by atoms with Crippen LogP contribution in [0.15, 0.2) is 48.5 Å². The van der Waals surface area contributed by atoms with Gasteiger partial charge in [-0.3, -0.25) is 0 Å². The molecule has 29 heavy (non-hydrogen) atoms. The minimum absolute atomic E-state index is 0.177. The summed E-state index contributed by atoms with van der Waals surface area (Å²) in [6.07, 6.45) is -0.794. The van der Waals surface area contributed by atoms with E-state index in [1.807, 2.05) is 21.6 Å². The van der Waals surface area contributed by atoms with Gasteiger partial charge < -0.3 is 9.84 Å². The van der Waals surface area contributed by atoms with Gasteiger partial charge in [0.15, 0.2) is 6.54 Å². The van der Waals surface area contributed by atoms with Gasteiger partial charge >= 0.3 is 6.18 Å². The van der Waals surface area contributed by atoms with Gasteiger partial charge in [-0.05, 0) is 61.7 Å². The first-order valence-corrected chi connectivity index (χ1v) is 9.78. The van der Waals surface area contributed by atoms with Crippen LogP contribution in [0.4, 0.5) is 18.9 Å². The molecule has 1 N–H and O–H groups in total. The summed E-state index contributed by atoms with van der Waals surface area (Å²) in [6.45, 7) is 0.837. The predicted octanol–water partition coefficient (Wildman–Crippen LogP) is 4.36. The molecule has 0 unspecified atom stereocenters. The summed E-state index contributed by atoms with van der Waals surface area (Å²) < 4.78 is 46.9. The van der Waals surface area contributed by atoms with Gasteiger partial charge in [0, 0.05) is 12.0 Å². The molecule has 0 saturated carbocycles. The monoisotopic (exact) mass is 405 g/mol. The number of rotatable bonds is 3. The summed E-state index contributed by atoms with van der Waals surface area (Å²) in [5, 5.41) is 11.7. The number of anilines is 1. The van der Waals surface area contributed by atoms with Gasteiger partial charge in [-0.2, -0.15) is 13.2 Å². The SMILES string of the molecule is COc1ccc([C@@]2(O)CN(c3cccc(C(F)(F)F)c3)C3=[N+]2CCCCC3)cc1. The van der Waals surface area contributed by atoms with Crippen molar-refractivity contribution in [3.8, 4) is 5.75 Å². The number of β-amino-alcohol motifs (C(OH)–C–C–N with tert-alkyl or cyclic N) is 1. The highest BCUT2D eigenvalue weighted by atomic mass is 19.4. The first-order chi connectivity index (χ1) is 13.8. The fourth-order valence-electron chi connectivity index (χ4n) is 4.27. The number of alkyl halides is 3. The molecule has 0 bridgehead atoms. The van der Waals surface area contributed by atoms with E-state index in [1.54, 1.807) is 25.3 Å². The van der Waals surface area contributed by atoms with Crippen LogP contribution in [-0.2, 0) is 11.9 Å². The summed E-state index contributed by atoms with van der Waals surface area (Å²) >= 11 is 0. The number of hydrogen-bond acceptors (Lipinski definition) is 3. The number of methoxy groups -OCH3 is 1. The second-order valence-corrected chi connectivity index (χ2v) is 7.56. The predicted molar refractivity (Wildman–Crippen MR) is 104 cm³/mol. The van der Waals surface area contributed by atoms with Crippen molar-refractivity contribution in [2.75, 3.05) is 25.1 Å². The van der Waals surface area contributed by atoms with Crippen molar-refractivity contribution in [2.45, 2.75) is 37.6 Å². The molecule has 0 aliphatic carbocycles. The van der Waals surface area contributed by atoms with Crippen LogP contribution in [0.1, 0.15) is 36.8 Å². The molecule has 0 spiro atoms. The van der Waals surface area contributed by atoms with Gasteiger partial charge in [0.2, 0.25) is 0 Å². The standard InChI is InChI=1S/C22H24F3N2O2/c1-29-19-11-9-16(10-12-19)21(28)15-26(20-8-3-2-4-13-27(20)21)18-7-5-6-17(14-18)22(23,24)25/h5-7,9-12,14,28H,2-4,8,13,15H2,1H3/q+1/t21-/m0/s1. The van der Waals surface area contributed by atoms with Crippen LogP contribution in [0.25, 0.3) is 0 Å². The second kappa shape index (κ2) is 7.37. The average molecular weight is 405 g/mol. The Bertz CT molecular complexity index is 924. The molecule has 0 fully saturated rings. The first-order valence-electron chi connectivity index (χ1n) is 9.78. The molecule has 154 valence electrons. The number of nitrogens with zero attached hydrogens (tertiary/aromatic N) is 2. The Hall–Kier alpha value is -2.54. The van der Waals surface area contributed by atoms with Crippen LogP contribution in [-0.4, -0.2) is 35.7 Å². The number of halogens is 3. The Morgan fingerprint density at radius 2 is 1.83 bits per heavy atom. The van der Waals surface area contributed by atoms with Crippen LogP contribution >= 0.6 is 0 Å². The Labute approximate surface area is 167 Å². The van der Waals surface area contributed by atoms with E-state index in [0.29, 0.717) is 30.0 Å². The van der Waals surface area contributed by atoms with Crippen molar-refractivity contribution >= 4 is 11.5 Å². The largest absolute Gasteiger partial charge is 0.497 e. The van der Waals surface area contributed by atoms with Crippen molar-refractivity contribution in [1.29, 1.82) is 0 Å². The third-order valence-corrected chi connectivity index (χ3v) is 5.77. The minimum Gasteiger partial charge on any atom is -0.497 e. The van der Waals surface area contributed by atoms with E-state index in [-0.39, 0.29) is 6.54 Å². The zero-order valence-corrected chi connectivity index (χ0v) is 16.2. The molecule has 2 aromatic rings.